The van der Waals surface area contributed by atoms with Crippen LogP contribution in [0.3, 0.4) is 0 Å². The Morgan fingerprint density at radius 1 is 1.64 bits per heavy atom. The van der Waals surface area contributed by atoms with Crippen molar-refractivity contribution < 1.29 is 8.42 Å². The molecular weight excluding hydrogens is 166 g/mol. The van der Waals surface area contributed by atoms with Crippen LogP contribution in [0.5, 0.6) is 0 Å². The highest BCUT2D eigenvalue weighted by Gasteiger charge is 2.19. The van der Waals surface area contributed by atoms with E-state index in [0.717, 1.165) is 0 Å². The molecule has 0 aliphatic carbocycles. The van der Waals surface area contributed by atoms with Crippen LogP contribution in [0.2, 0.25) is 0 Å². The number of nitrogens with zero attached hydrogens (tertiary/aromatic N) is 2. The first kappa shape index (κ1) is 6.66. The molecule has 1 N–H and O–H groups in total. The van der Waals surface area contributed by atoms with E-state index in [1.165, 1.54) is 0 Å². The summed E-state index contributed by atoms with van der Waals surface area (Å²) in [5.41, 5.74) is 0. The fourth-order valence-corrected chi connectivity index (χ4v) is 2.02. The van der Waals surface area contributed by atoms with Gasteiger partial charge >= 0.3 is 0 Å². The Morgan fingerprint density at radius 2 is 2.45 bits per heavy atom. The standard InChI is InChI=1S/C5H7N3O2S/c9-11(10)4-3-8-5(7-11)1-2-6-8/h1-2,7H,3-4H2. The normalized spacial score (nSPS) is 20.4. The molecule has 1 aliphatic rings. The highest BCUT2D eigenvalue weighted by Crippen LogP contribution is 2.13. The predicted molar refractivity (Wildman–Crippen MR) is 39.6 cm³/mol. The second-order valence-electron chi connectivity index (χ2n) is 2.36. The van der Waals surface area contributed by atoms with Gasteiger partial charge in [-0.1, -0.05) is 0 Å². The molecule has 11 heavy (non-hydrogen) atoms. The second kappa shape index (κ2) is 1.97. The lowest BCUT2D eigenvalue weighted by Gasteiger charge is -2.15. The van der Waals surface area contributed by atoms with Crippen molar-refractivity contribution in [2.24, 2.45) is 0 Å². The van der Waals surface area contributed by atoms with Crippen molar-refractivity contribution >= 4 is 15.8 Å². The maximum atomic E-state index is 11.0. The van der Waals surface area contributed by atoms with E-state index in [-0.39, 0.29) is 5.75 Å². The summed E-state index contributed by atoms with van der Waals surface area (Å²) in [6.07, 6.45) is 1.57. The van der Waals surface area contributed by atoms with Gasteiger partial charge in [0.15, 0.2) is 0 Å². The van der Waals surface area contributed by atoms with Crippen LogP contribution in [0.1, 0.15) is 0 Å². The molecule has 6 heteroatoms. The van der Waals surface area contributed by atoms with Crippen molar-refractivity contribution in [3.8, 4) is 0 Å². The van der Waals surface area contributed by atoms with Crippen LogP contribution in [-0.4, -0.2) is 24.0 Å². The number of aromatic nitrogens is 2. The summed E-state index contributed by atoms with van der Waals surface area (Å²) in [6, 6.07) is 1.64. The van der Waals surface area contributed by atoms with E-state index in [0.29, 0.717) is 12.4 Å². The molecule has 1 aliphatic heterocycles. The van der Waals surface area contributed by atoms with Crippen LogP contribution in [0, 0.1) is 0 Å². The first-order valence-corrected chi connectivity index (χ1v) is 4.85. The monoisotopic (exact) mass is 173 g/mol. The first-order valence-electron chi connectivity index (χ1n) is 3.20. The number of sulfonamides is 1. The predicted octanol–water partition coefficient (Wildman–Crippen LogP) is -0.362. The molecule has 5 nitrogen and oxygen atoms in total. The number of anilines is 1. The Kier molecular flexibility index (Phi) is 1.19. The number of nitrogens with one attached hydrogen (secondary N) is 1. The van der Waals surface area contributed by atoms with Crippen LogP contribution in [0.25, 0.3) is 0 Å². The van der Waals surface area contributed by atoms with Gasteiger partial charge in [0.05, 0.1) is 18.5 Å². The zero-order chi connectivity index (χ0) is 7.90. The van der Waals surface area contributed by atoms with Crippen LogP contribution >= 0.6 is 0 Å². The molecule has 60 valence electrons. The van der Waals surface area contributed by atoms with Crippen molar-refractivity contribution in [1.82, 2.24) is 9.78 Å². The summed E-state index contributed by atoms with van der Waals surface area (Å²) in [5, 5.41) is 3.91. The molecular formula is C5H7N3O2S. The fraction of sp³-hybridized carbons (Fsp3) is 0.400. The van der Waals surface area contributed by atoms with Gasteiger partial charge in [0.25, 0.3) is 0 Å². The number of hydrogen-bond donors (Lipinski definition) is 1. The molecule has 0 saturated carbocycles. The Labute approximate surface area is 64.1 Å². The lowest BCUT2D eigenvalue weighted by atomic mass is 10.6. The molecule has 2 heterocycles. The molecule has 0 saturated heterocycles. The third kappa shape index (κ3) is 1.09. The van der Waals surface area contributed by atoms with Gasteiger partial charge in [0.1, 0.15) is 5.82 Å². The lowest BCUT2D eigenvalue weighted by molar-refractivity contribution is 0.576. The topological polar surface area (TPSA) is 64.0 Å². The zero-order valence-electron chi connectivity index (χ0n) is 5.69. The van der Waals surface area contributed by atoms with Gasteiger partial charge < -0.3 is 0 Å². The molecule has 1 aromatic heterocycles. The number of aryl methyl sites for hydroxylation is 1. The van der Waals surface area contributed by atoms with E-state index < -0.39 is 10.0 Å². The molecule has 0 aromatic carbocycles. The molecule has 0 atom stereocenters. The van der Waals surface area contributed by atoms with Gasteiger partial charge in [0, 0.05) is 6.07 Å². The van der Waals surface area contributed by atoms with Crippen LogP contribution in [-0.2, 0) is 16.6 Å². The van der Waals surface area contributed by atoms with Gasteiger partial charge in [-0.25, -0.2) is 13.1 Å². The van der Waals surface area contributed by atoms with E-state index in [4.69, 9.17) is 0 Å². The van der Waals surface area contributed by atoms with Crippen molar-refractivity contribution in [2.45, 2.75) is 6.54 Å². The third-order valence-electron chi connectivity index (χ3n) is 1.55. The minimum absolute atomic E-state index is 0.113. The minimum Gasteiger partial charge on any atom is -0.267 e. The SMILES string of the molecule is O=S1(=O)CCn2nccc2N1. The molecule has 0 bridgehead atoms. The Balaban J connectivity index is 2.47. The summed E-state index contributed by atoms with van der Waals surface area (Å²) in [6.45, 7) is 0.442. The Morgan fingerprint density at radius 3 is 3.27 bits per heavy atom. The van der Waals surface area contributed by atoms with Crippen molar-refractivity contribution in [2.75, 3.05) is 10.5 Å². The van der Waals surface area contributed by atoms with Crippen LogP contribution in [0.4, 0.5) is 5.82 Å². The van der Waals surface area contributed by atoms with Crippen LogP contribution < -0.4 is 4.72 Å². The van der Waals surface area contributed by atoms with Crippen molar-refractivity contribution in [3.05, 3.63) is 12.3 Å². The Bertz CT molecular complexity index is 367. The largest absolute Gasteiger partial charge is 0.267 e. The van der Waals surface area contributed by atoms with E-state index >= 15 is 0 Å². The number of rotatable bonds is 0. The third-order valence-corrected chi connectivity index (χ3v) is 2.79. The lowest BCUT2D eigenvalue weighted by Crippen LogP contribution is -2.27. The second-order valence-corrected chi connectivity index (χ2v) is 4.20. The molecule has 1 aromatic rings. The summed E-state index contributed by atoms with van der Waals surface area (Å²) in [4.78, 5) is 0. The molecule has 0 radical (unpaired) electrons. The average Bonchev–Trinajstić information content (AvgIpc) is 2.31. The summed E-state index contributed by atoms with van der Waals surface area (Å²) in [5.74, 6) is 0.665. The summed E-state index contributed by atoms with van der Waals surface area (Å²) >= 11 is 0. The van der Waals surface area contributed by atoms with E-state index in [1.54, 1.807) is 16.9 Å². The molecule has 0 fully saturated rings. The average molecular weight is 173 g/mol. The van der Waals surface area contributed by atoms with Crippen molar-refractivity contribution in [1.29, 1.82) is 0 Å². The first-order chi connectivity index (χ1) is 5.17. The summed E-state index contributed by atoms with van der Waals surface area (Å²) < 4.78 is 25.9. The number of hydrogen-bond acceptors (Lipinski definition) is 3. The Hall–Kier alpha value is -1.04. The van der Waals surface area contributed by atoms with Gasteiger partial charge in [-0.15, -0.1) is 0 Å². The van der Waals surface area contributed by atoms with E-state index in [1.807, 2.05) is 0 Å². The van der Waals surface area contributed by atoms with Gasteiger partial charge in [0.2, 0.25) is 10.0 Å². The molecule has 0 unspecified atom stereocenters. The highest BCUT2D eigenvalue weighted by atomic mass is 32.2. The maximum Gasteiger partial charge on any atom is 0.235 e. The fourth-order valence-electron chi connectivity index (χ4n) is 1.01. The number of fused-ring (bicyclic) bond motifs is 1. The minimum atomic E-state index is -3.08. The zero-order valence-corrected chi connectivity index (χ0v) is 6.50. The quantitative estimate of drug-likeness (QED) is 0.582. The maximum absolute atomic E-state index is 11.0. The van der Waals surface area contributed by atoms with Crippen molar-refractivity contribution in [3.63, 3.8) is 0 Å². The van der Waals surface area contributed by atoms with Gasteiger partial charge in [-0.2, -0.15) is 5.10 Å². The smallest absolute Gasteiger partial charge is 0.235 e. The molecule has 0 spiro atoms. The van der Waals surface area contributed by atoms with Gasteiger partial charge in [-0.3, -0.25) is 4.72 Å². The molecule has 2 rings (SSSR count). The van der Waals surface area contributed by atoms with Gasteiger partial charge in [-0.05, 0) is 0 Å². The highest BCUT2D eigenvalue weighted by molar-refractivity contribution is 7.92. The van der Waals surface area contributed by atoms with Crippen LogP contribution in [0.15, 0.2) is 12.3 Å². The summed E-state index contributed by atoms with van der Waals surface area (Å²) in [7, 11) is -3.08. The van der Waals surface area contributed by atoms with E-state index in [2.05, 4.69) is 9.82 Å². The van der Waals surface area contributed by atoms with E-state index in [9.17, 15) is 8.42 Å². The molecule has 0 amide bonds.